The third kappa shape index (κ3) is 1.49. The highest BCUT2D eigenvalue weighted by molar-refractivity contribution is 6.34. The first-order valence-electron chi connectivity index (χ1n) is 5.27. The van der Waals surface area contributed by atoms with Crippen molar-refractivity contribution in [1.82, 2.24) is 9.97 Å². The minimum Gasteiger partial charge on any atom is -0.232 e. The van der Waals surface area contributed by atoms with E-state index in [-0.39, 0.29) is 0 Å². The molecular weight excluding hydrogens is 208 g/mol. The van der Waals surface area contributed by atoms with Crippen LogP contribution in [0.4, 0.5) is 0 Å². The Morgan fingerprint density at radius 3 is 2.67 bits per heavy atom. The standard InChI is InChI=1S/C12H11ClN2/c13-11-9-6-1-2-7-10(9)14-12(15-11)8-4-3-5-8/h1-2,6-8H,3-5H2. The zero-order valence-corrected chi connectivity index (χ0v) is 9.04. The fourth-order valence-corrected chi connectivity index (χ4v) is 2.15. The molecule has 0 spiro atoms. The normalized spacial score (nSPS) is 16.6. The number of hydrogen-bond acceptors (Lipinski definition) is 2. The van der Waals surface area contributed by atoms with E-state index in [2.05, 4.69) is 9.97 Å². The van der Waals surface area contributed by atoms with Crippen LogP contribution in [0, 0.1) is 0 Å². The van der Waals surface area contributed by atoms with E-state index >= 15 is 0 Å². The predicted molar refractivity (Wildman–Crippen MR) is 61.1 cm³/mol. The minimum atomic E-state index is 0.534. The Morgan fingerprint density at radius 2 is 1.93 bits per heavy atom. The Bertz CT molecular complexity index is 506. The second-order valence-corrected chi connectivity index (χ2v) is 4.38. The number of nitrogens with zero attached hydrogens (tertiary/aromatic N) is 2. The van der Waals surface area contributed by atoms with Gasteiger partial charge in [-0.15, -0.1) is 0 Å². The van der Waals surface area contributed by atoms with E-state index in [1.54, 1.807) is 0 Å². The van der Waals surface area contributed by atoms with Crippen LogP contribution >= 0.6 is 11.6 Å². The molecule has 0 amide bonds. The van der Waals surface area contributed by atoms with Crippen LogP contribution in [-0.2, 0) is 0 Å². The van der Waals surface area contributed by atoms with Crippen molar-refractivity contribution in [2.75, 3.05) is 0 Å². The number of fused-ring (bicyclic) bond motifs is 1. The van der Waals surface area contributed by atoms with Crippen LogP contribution in [0.1, 0.15) is 31.0 Å². The Kier molecular flexibility index (Phi) is 2.10. The maximum absolute atomic E-state index is 6.14. The monoisotopic (exact) mass is 218 g/mol. The van der Waals surface area contributed by atoms with Crippen molar-refractivity contribution in [3.63, 3.8) is 0 Å². The second-order valence-electron chi connectivity index (χ2n) is 4.02. The van der Waals surface area contributed by atoms with Gasteiger partial charge < -0.3 is 0 Å². The first kappa shape index (κ1) is 9.10. The summed E-state index contributed by atoms with van der Waals surface area (Å²) < 4.78 is 0. The zero-order chi connectivity index (χ0) is 10.3. The summed E-state index contributed by atoms with van der Waals surface area (Å²) in [5.41, 5.74) is 0.958. The molecule has 0 atom stereocenters. The zero-order valence-electron chi connectivity index (χ0n) is 8.28. The van der Waals surface area contributed by atoms with Crippen molar-refractivity contribution in [1.29, 1.82) is 0 Å². The summed E-state index contributed by atoms with van der Waals surface area (Å²) in [4.78, 5) is 8.94. The molecule has 0 bridgehead atoms. The number of halogens is 1. The molecule has 1 aliphatic rings. The molecule has 76 valence electrons. The van der Waals surface area contributed by atoms with E-state index in [9.17, 15) is 0 Å². The van der Waals surface area contributed by atoms with Crippen molar-refractivity contribution in [2.24, 2.45) is 0 Å². The van der Waals surface area contributed by atoms with Crippen molar-refractivity contribution < 1.29 is 0 Å². The maximum atomic E-state index is 6.14. The Hall–Kier alpha value is -1.15. The third-order valence-corrected chi connectivity index (χ3v) is 3.33. The molecule has 0 unspecified atom stereocenters. The van der Waals surface area contributed by atoms with Crippen molar-refractivity contribution >= 4 is 22.5 Å². The molecule has 0 aliphatic heterocycles. The lowest BCUT2D eigenvalue weighted by molar-refractivity contribution is 0.402. The average Bonchev–Trinajstić information content (AvgIpc) is 2.15. The van der Waals surface area contributed by atoms with Gasteiger partial charge in [-0.2, -0.15) is 0 Å². The summed E-state index contributed by atoms with van der Waals surface area (Å²) in [6.45, 7) is 0. The van der Waals surface area contributed by atoms with Gasteiger partial charge in [0, 0.05) is 11.3 Å². The average molecular weight is 219 g/mol. The van der Waals surface area contributed by atoms with E-state index in [1.165, 1.54) is 19.3 Å². The summed E-state index contributed by atoms with van der Waals surface area (Å²) in [5, 5.41) is 1.53. The molecule has 1 saturated carbocycles. The van der Waals surface area contributed by atoms with Gasteiger partial charge in [0.1, 0.15) is 11.0 Å². The first-order chi connectivity index (χ1) is 7.34. The van der Waals surface area contributed by atoms with Gasteiger partial charge in [0.2, 0.25) is 0 Å². The first-order valence-corrected chi connectivity index (χ1v) is 5.64. The maximum Gasteiger partial charge on any atom is 0.140 e. The van der Waals surface area contributed by atoms with Gasteiger partial charge in [-0.1, -0.05) is 30.2 Å². The lowest BCUT2D eigenvalue weighted by Gasteiger charge is -2.23. The summed E-state index contributed by atoms with van der Waals surface area (Å²) >= 11 is 6.14. The van der Waals surface area contributed by atoms with Gasteiger partial charge >= 0.3 is 0 Å². The van der Waals surface area contributed by atoms with Crippen LogP contribution in [0.15, 0.2) is 24.3 Å². The smallest absolute Gasteiger partial charge is 0.140 e. The molecule has 0 radical (unpaired) electrons. The fourth-order valence-electron chi connectivity index (χ4n) is 1.90. The molecule has 1 fully saturated rings. The lowest BCUT2D eigenvalue weighted by Crippen LogP contribution is -2.12. The van der Waals surface area contributed by atoms with Gasteiger partial charge in [0.05, 0.1) is 5.52 Å². The highest BCUT2D eigenvalue weighted by Gasteiger charge is 2.23. The van der Waals surface area contributed by atoms with Gasteiger partial charge in [-0.05, 0) is 25.0 Å². The lowest BCUT2D eigenvalue weighted by atomic mass is 9.85. The second kappa shape index (κ2) is 3.46. The number of rotatable bonds is 1. The van der Waals surface area contributed by atoms with Crippen LogP contribution in [0.2, 0.25) is 5.15 Å². The molecule has 1 aromatic heterocycles. The highest BCUT2D eigenvalue weighted by atomic mass is 35.5. The summed E-state index contributed by atoms with van der Waals surface area (Å²) in [7, 11) is 0. The predicted octanol–water partition coefficient (Wildman–Crippen LogP) is 3.55. The summed E-state index contributed by atoms with van der Waals surface area (Å²) in [6.07, 6.45) is 3.70. The van der Waals surface area contributed by atoms with Crippen molar-refractivity contribution in [3.8, 4) is 0 Å². The van der Waals surface area contributed by atoms with Gasteiger partial charge in [0.25, 0.3) is 0 Å². The Morgan fingerprint density at radius 1 is 1.13 bits per heavy atom. The molecule has 0 saturated heterocycles. The van der Waals surface area contributed by atoms with Crippen molar-refractivity contribution in [2.45, 2.75) is 25.2 Å². The minimum absolute atomic E-state index is 0.534. The van der Waals surface area contributed by atoms with Gasteiger partial charge in [-0.3, -0.25) is 0 Å². The topological polar surface area (TPSA) is 25.8 Å². The molecule has 3 rings (SSSR count). The van der Waals surface area contributed by atoms with Crippen LogP contribution in [0.25, 0.3) is 10.9 Å². The summed E-state index contributed by atoms with van der Waals surface area (Å²) in [6, 6.07) is 7.89. The third-order valence-electron chi connectivity index (χ3n) is 3.04. The quantitative estimate of drug-likeness (QED) is 0.684. The van der Waals surface area contributed by atoms with Crippen LogP contribution in [0.5, 0.6) is 0 Å². The molecule has 2 aromatic rings. The van der Waals surface area contributed by atoms with E-state index < -0.39 is 0 Å². The van der Waals surface area contributed by atoms with Gasteiger partial charge in [-0.25, -0.2) is 9.97 Å². The Labute approximate surface area is 93.3 Å². The Balaban J connectivity index is 2.18. The van der Waals surface area contributed by atoms with Crippen LogP contribution in [0.3, 0.4) is 0 Å². The van der Waals surface area contributed by atoms with Crippen molar-refractivity contribution in [3.05, 3.63) is 35.2 Å². The molecule has 1 aliphatic carbocycles. The molecule has 2 nitrogen and oxygen atoms in total. The number of benzene rings is 1. The molecular formula is C12H11ClN2. The SMILES string of the molecule is Clc1nc(C2CCC2)nc2ccccc12. The van der Waals surface area contributed by atoms with Crippen LogP contribution in [-0.4, -0.2) is 9.97 Å². The molecule has 3 heteroatoms. The summed E-state index contributed by atoms with van der Waals surface area (Å²) in [5.74, 6) is 1.46. The fraction of sp³-hybridized carbons (Fsp3) is 0.333. The van der Waals surface area contributed by atoms with Crippen LogP contribution < -0.4 is 0 Å². The number of para-hydroxylation sites is 1. The molecule has 1 aromatic carbocycles. The highest BCUT2D eigenvalue weighted by Crippen LogP contribution is 2.35. The van der Waals surface area contributed by atoms with E-state index in [1.807, 2.05) is 24.3 Å². The van der Waals surface area contributed by atoms with Gasteiger partial charge in [0.15, 0.2) is 0 Å². The van der Waals surface area contributed by atoms with E-state index in [4.69, 9.17) is 11.6 Å². The van der Waals surface area contributed by atoms with E-state index in [0.29, 0.717) is 11.1 Å². The van der Waals surface area contributed by atoms with E-state index in [0.717, 1.165) is 16.7 Å². The molecule has 0 N–H and O–H groups in total. The number of hydrogen-bond donors (Lipinski definition) is 0. The molecule has 1 heterocycles. The largest absolute Gasteiger partial charge is 0.232 e. The molecule has 15 heavy (non-hydrogen) atoms. The number of aromatic nitrogens is 2.